The molecule has 1 aliphatic heterocycles. The topological polar surface area (TPSA) is 66.5 Å². The Morgan fingerprint density at radius 2 is 1.96 bits per heavy atom. The number of carbonyl (C=O) groups excluding carboxylic acids is 1. The first kappa shape index (κ1) is 18.4. The molecule has 138 valence electrons. The number of anilines is 1. The van der Waals surface area contributed by atoms with Gasteiger partial charge in [-0.25, -0.2) is 13.1 Å². The number of rotatable bonds is 4. The third kappa shape index (κ3) is 3.60. The molecule has 3 atom stereocenters. The van der Waals surface area contributed by atoms with Crippen molar-refractivity contribution in [1.82, 2.24) is 4.72 Å². The van der Waals surface area contributed by atoms with Crippen molar-refractivity contribution in [3.63, 3.8) is 0 Å². The maximum Gasteiger partial charge on any atom is 0.240 e. The smallest absolute Gasteiger partial charge is 0.240 e. The minimum Gasteiger partial charge on any atom is -0.309 e. The maximum absolute atomic E-state index is 12.8. The van der Waals surface area contributed by atoms with Crippen molar-refractivity contribution in [3.8, 4) is 0 Å². The van der Waals surface area contributed by atoms with E-state index in [2.05, 4.69) is 11.6 Å². The summed E-state index contributed by atoms with van der Waals surface area (Å²) in [5, 5.41) is 0. The number of nitrogens with zero attached hydrogens (tertiary/aromatic N) is 1. The molecule has 0 saturated heterocycles. The van der Waals surface area contributed by atoms with Crippen LogP contribution in [-0.4, -0.2) is 26.4 Å². The predicted octanol–water partition coefficient (Wildman–Crippen LogP) is 3.23. The van der Waals surface area contributed by atoms with Gasteiger partial charge in [-0.3, -0.25) is 4.79 Å². The molecule has 1 aromatic carbocycles. The van der Waals surface area contributed by atoms with Gasteiger partial charge < -0.3 is 4.90 Å². The molecule has 1 aliphatic carbocycles. The number of carbonyl (C=O) groups is 1. The maximum atomic E-state index is 12.8. The number of fused-ring (bicyclic) bond motifs is 1. The molecule has 1 aromatic rings. The summed E-state index contributed by atoms with van der Waals surface area (Å²) in [6, 6.07) is 5.24. The monoisotopic (exact) mass is 364 g/mol. The van der Waals surface area contributed by atoms with E-state index in [1.807, 2.05) is 13.8 Å². The summed E-state index contributed by atoms with van der Waals surface area (Å²) in [6.45, 7) is 5.97. The van der Waals surface area contributed by atoms with Crippen molar-refractivity contribution in [1.29, 1.82) is 0 Å². The number of nitrogens with one attached hydrogen (secondary N) is 1. The molecule has 0 spiro atoms. The predicted molar refractivity (Wildman–Crippen MR) is 99.1 cm³/mol. The Balaban J connectivity index is 1.84. The fourth-order valence-corrected chi connectivity index (χ4v) is 5.51. The second kappa shape index (κ2) is 7.08. The van der Waals surface area contributed by atoms with Crippen molar-refractivity contribution in [2.24, 2.45) is 5.92 Å². The normalized spacial score (nSPS) is 26.5. The van der Waals surface area contributed by atoms with Crippen LogP contribution >= 0.6 is 0 Å². The standard InChI is InChI=1S/C19H28N2O3S/c1-4-19(22)21-14(3)11-15-12-16(9-10-18(15)21)25(23,24)20-17-8-6-5-7-13(17)2/h9-10,12-14,17,20H,4-8,11H2,1-3H3. The summed E-state index contributed by atoms with van der Waals surface area (Å²) >= 11 is 0. The van der Waals surface area contributed by atoms with Crippen LogP contribution in [0.15, 0.2) is 23.1 Å². The lowest BCUT2D eigenvalue weighted by atomic mass is 9.87. The minimum atomic E-state index is -3.53. The summed E-state index contributed by atoms with van der Waals surface area (Å²) in [4.78, 5) is 14.3. The first-order chi connectivity index (χ1) is 11.8. The van der Waals surface area contributed by atoms with E-state index in [-0.39, 0.29) is 18.0 Å². The van der Waals surface area contributed by atoms with Gasteiger partial charge in [0.25, 0.3) is 0 Å². The van der Waals surface area contributed by atoms with Gasteiger partial charge in [0.1, 0.15) is 0 Å². The van der Waals surface area contributed by atoms with E-state index in [9.17, 15) is 13.2 Å². The van der Waals surface area contributed by atoms with E-state index in [1.165, 1.54) is 6.42 Å². The summed E-state index contributed by atoms with van der Waals surface area (Å²) < 4.78 is 28.5. The van der Waals surface area contributed by atoms with E-state index in [4.69, 9.17) is 0 Å². The van der Waals surface area contributed by atoms with Gasteiger partial charge in [-0.2, -0.15) is 0 Å². The minimum absolute atomic E-state index is 0.0177. The Morgan fingerprint density at radius 3 is 2.64 bits per heavy atom. The summed E-state index contributed by atoms with van der Waals surface area (Å²) in [5.74, 6) is 0.451. The second-order valence-corrected chi connectivity index (χ2v) is 9.16. The van der Waals surface area contributed by atoms with Crippen LogP contribution in [0.2, 0.25) is 0 Å². The zero-order chi connectivity index (χ0) is 18.2. The Labute approximate surface area is 150 Å². The first-order valence-corrected chi connectivity index (χ1v) is 10.8. The number of hydrogen-bond acceptors (Lipinski definition) is 3. The molecule has 0 bridgehead atoms. The van der Waals surface area contributed by atoms with Crippen LogP contribution in [0.25, 0.3) is 0 Å². The van der Waals surface area contributed by atoms with Gasteiger partial charge in [-0.1, -0.05) is 26.7 Å². The largest absolute Gasteiger partial charge is 0.309 e. The molecule has 25 heavy (non-hydrogen) atoms. The van der Waals surface area contributed by atoms with Crippen molar-refractivity contribution < 1.29 is 13.2 Å². The van der Waals surface area contributed by atoms with Crippen LogP contribution in [0.5, 0.6) is 0 Å². The van der Waals surface area contributed by atoms with Crippen LogP contribution in [0.3, 0.4) is 0 Å². The molecule has 0 aromatic heterocycles. The van der Waals surface area contributed by atoms with Gasteiger partial charge in [0.2, 0.25) is 15.9 Å². The van der Waals surface area contributed by atoms with Crippen LogP contribution in [0.1, 0.15) is 58.4 Å². The van der Waals surface area contributed by atoms with Gasteiger partial charge in [0, 0.05) is 24.2 Å². The fourth-order valence-electron chi connectivity index (χ4n) is 4.08. The van der Waals surface area contributed by atoms with Crippen LogP contribution in [0.4, 0.5) is 5.69 Å². The molecule has 0 radical (unpaired) electrons. The summed E-state index contributed by atoms with van der Waals surface area (Å²) in [7, 11) is -3.53. The molecule has 1 N–H and O–H groups in total. The highest BCUT2D eigenvalue weighted by Crippen LogP contribution is 2.34. The molecule has 2 aliphatic rings. The van der Waals surface area contributed by atoms with Gasteiger partial charge in [-0.05, 0) is 55.9 Å². The summed E-state index contributed by atoms with van der Waals surface area (Å²) in [5.41, 5.74) is 1.79. The lowest BCUT2D eigenvalue weighted by Crippen LogP contribution is -2.41. The third-order valence-corrected chi connectivity index (χ3v) is 7.05. The second-order valence-electron chi connectivity index (χ2n) is 7.45. The molecule has 1 heterocycles. The lowest BCUT2D eigenvalue weighted by molar-refractivity contribution is -0.118. The number of sulfonamides is 1. The first-order valence-electron chi connectivity index (χ1n) is 9.30. The Kier molecular flexibility index (Phi) is 5.21. The van der Waals surface area contributed by atoms with Gasteiger partial charge in [0.05, 0.1) is 4.90 Å². The van der Waals surface area contributed by atoms with E-state index < -0.39 is 10.0 Å². The molecule has 1 saturated carbocycles. The summed E-state index contributed by atoms with van der Waals surface area (Å²) in [6.07, 6.45) is 5.38. The number of benzene rings is 1. The van der Waals surface area contributed by atoms with Crippen molar-refractivity contribution >= 4 is 21.6 Å². The molecular formula is C19H28N2O3S. The Bertz CT molecular complexity index is 760. The molecule has 5 nitrogen and oxygen atoms in total. The average molecular weight is 365 g/mol. The number of amides is 1. The van der Waals surface area contributed by atoms with E-state index in [0.29, 0.717) is 23.7 Å². The Hall–Kier alpha value is -1.40. The van der Waals surface area contributed by atoms with Gasteiger partial charge in [0.15, 0.2) is 0 Å². The highest BCUT2D eigenvalue weighted by molar-refractivity contribution is 7.89. The number of hydrogen-bond donors (Lipinski definition) is 1. The highest BCUT2D eigenvalue weighted by Gasteiger charge is 2.32. The van der Waals surface area contributed by atoms with Crippen molar-refractivity contribution in [3.05, 3.63) is 23.8 Å². The Morgan fingerprint density at radius 1 is 1.24 bits per heavy atom. The SMILES string of the molecule is CCC(=O)N1c2ccc(S(=O)(=O)NC3CCCCC3C)cc2CC1C. The zero-order valence-electron chi connectivity index (χ0n) is 15.3. The average Bonchev–Trinajstić information content (AvgIpc) is 2.91. The van der Waals surface area contributed by atoms with E-state index in [0.717, 1.165) is 30.5 Å². The van der Waals surface area contributed by atoms with E-state index >= 15 is 0 Å². The fraction of sp³-hybridized carbons (Fsp3) is 0.632. The van der Waals surface area contributed by atoms with Crippen LogP contribution < -0.4 is 9.62 Å². The zero-order valence-corrected chi connectivity index (χ0v) is 16.1. The molecule has 3 unspecified atom stereocenters. The molecule has 1 fully saturated rings. The van der Waals surface area contributed by atoms with Gasteiger partial charge >= 0.3 is 0 Å². The lowest BCUT2D eigenvalue weighted by Gasteiger charge is -2.29. The molecule has 3 rings (SSSR count). The molecular weight excluding hydrogens is 336 g/mol. The van der Waals surface area contributed by atoms with Crippen molar-refractivity contribution in [2.75, 3.05) is 4.90 Å². The van der Waals surface area contributed by atoms with Gasteiger partial charge in [-0.15, -0.1) is 0 Å². The quantitative estimate of drug-likeness (QED) is 0.892. The third-order valence-electron chi connectivity index (χ3n) is 5.57. The van der Waals surface area contributed by atoms with Crippen molar-refractivity contribution in [2.45, 2.75) is 76.3 Å². The molecule has 6 heteroatoms. The van der Waals surface area contributed by atoms with Crippen LogP contribution in [0, 0.1) is 5.92 Å². The van der Waals surface area contributed by atoms with E-state index in [1.54, 1.807) is 23.1 Å². The molecule has 1 amide bonds. The highest BCUT2D eigenvalue weighted by atomic mass is 32.2. The van der Waals surface area contributed by atoms with Crippen LogP contribution in [-0.2, 0) is 21.2 Å².